The Morgan fingerprint density at radius 3 is 2.26 bits per heavy atom. The molecule has 4 aromatic rings. The molecule has 0 unspecified atom stereocenters. The van der Waals surface area contributed by atoms with Crippen LogP contribution in [0.2, 0.25) is 0 Å². The van der Waals surface area contributed by atoms with Crippen LogP contribution in [0.5, 0.6) is 5.75 Å². The van der Waals surface area contributed by atoms with E-state index in [9.17, 15) is 23.2 Å². The average molecular weight is 592 g/mol. The van der Waals surface area contributed by atoms with Gasteiger partial charge in [-0.15, -0.1) is 0 Å². The van der Waals surface area contributed by atoms with Crippen molar-refractivity contribution in [3.8, 4) is 16.9 Å². The van der Waals surface area contributed by atoms with Crippen LogP contribution in [0.4, 0.5) is 14.5 Å². The molecule has 0 fully saturated rings. The summed E-state index contributed by atoms with van der Waals surface area (Å²) >= 11 is 0. The van der Waals surface area contributed by atoms with E-state index in [1.54, 1.807) is 25.2 Å². The Morgan fingerprint density at radius 2 is 1.65 bits per heavy atom. The van der Waals surface area contributed by atoms with Crippen molar-refractivity contribution in [2.75, 3.05) is 19.5 Å². The maximum atomic E-state index is 14.9. The van der Waals surface area contributed by atoms with Crippen molar-refractivity contribution in [2.45, 2.75) is 45.7 Å². The second-order valence-electron chi connectivity index (χ2n) is 10.4. The monoisotopic (exact) mass is 591 g/mol. The van der Waals surface area contributed by atoms with Crippen molar-refractivity contribution in [3.05, 3.63) is 93.4 Å². The molecule has 0 aliphatic rings. The third-order valence-corrected chi connectivity index (χ3v) is 7.65. The molecule has 0 spiro atoms. The third kappa shape index (κ3) is 6.38. The molecule has 0 saturated heterocycles. The first-order valence-electron chi connectivity index (χ1n) is 13.9. The number of aromatic nitrogens is 1. The Morgan fingerprint density at radius 1 is 1.00 bits per heavy atom. The summed E-state index contributed by atoms with van der Waals surface area (Å²) < 4.78 is 41.9. The highest BCUT2D eigenvalue weighted by Crippen LogP contribution is 2.35. The number of ether oxygens (including phenoxy) is 2. The van der Waals surface area contributed by atoms with Crippen molar-refractivity contribution in [1.29, 1.82) is 0 Å². The number of fused-ring (bicyclic) bond motifs is 1. The first-order valence-corrected chi connectivity index (χ1v) is 13.9. The summed E-state index contributed by atoms with van der Waals surface area (Å²) in [7, 11) is 4.35. The number of pyridine rings is 1. The van der Waals surface area contributed by atoms with E-state index >= 15 is 0 Å². The zero-order valence-corrected chi connectivity index (χ0v) is 25.0. The lowest BCUT2D eigenvalue weighted by atomic mass is 9.92. The van der Waals surface area contributed by atoms with Crippen LogP contribution in [-0.2, 0) is 23.0 Å². The van der Waals surface area contributed by atoms with Crippen molar-refractivity contribution in [2.24, 2.45) is 7.05 Å². The number of benzene rings is 3. The molecule has 0 radical (unpaired) electrons. The quantitative estimate of drug-likeness (QED) is 0.236. The van der Waals surface area contributed by atoms with Crippen molar-refractivity contribution in [1.82, 2.24) is 9.88 Å². The Kier molecular flexibility index (Phi) is 9.48. The van der Waals surface area contributed by atoms with Crippen LogP contribution < -0.4 is 20.9 Å². The lowest BCUT2D eigenvalue weighted by Crippen LogP contribution is -2.43. The first-order chi connectivity index (χ1) is 20.5. The molecular weight excluding hydrogens is 556 g/mol. The SMILES string of the molecule is CC[C@H](C)Nc1cc(F)c(C(=O)N[C@@H](Cc2ccc(-c3c(OC)cc(C)n(C)c3=O)c3ccccc23)C(=O)OC)c(F)c1. The zero-order chi connectivity index (χ0) is 31.4. The molecule has 0 aliphatic heterocycles. The molecule has 10 heteroatoms. The number of anilines is 1. The van der Waals surface area contributed by atoms with Gasteiger partial charge < -0.3 is 24.7 Å². The first kappa shape index (κ1) is 31.2. The summed E-state index contributed by atoms with van der Waals surface area (Å²) in [5, 5.41) is 6.86. The standard InChI is InChI=1S/C33H35F2N3O5/c1-7-18(2)36-21-16-25(34)30(26(35)17-21)31(39)37-27(33(41)43-6)15-20-12-13-24(23-11-9-8-10-22(20)23)29-28(42-5)14-19(3)38(4)32(29)40/h8-14,16-18,27,36H,7,15H2,1-6H3,(H,37,39)/t18-,27-/m0/s1. The predicted molar refractivity (Wildman–Crippen MR) is 163 cm³/mol. The molecule has 0 aliphatic carbocycles. The van der Waals surface area contributed by atoms with Gasteiger partial charge in [-0.3, -0.25) is 9.59 Å². The topological polar surface area (TPSA) is 98.7 Å². The Bertz CT molecular complexity index is 1730. The number of carbonyl (C=O) groups is 2. The van der Waals surface area contributed by atoms with Crippen LogP contribution in [0.1, 0.15) is 41.9 Å². The molecule has 0 bridgehead atoms. The molecule has 2 N–H and O–H groups in total. The van der Waals surface area contributed by atoms with Crippen molar-refractivity contribution in [3.63, 3.8) is 0 Å². The fraction of sp³-hybridized carbons (Fsp3) is 0.303. The van der Waals surface area contributed by atoms with Gasteiger partial charge >= 0.3 is 5.97 Å². The van der Waals surface area contributed by atoms with Crippen LogP contribution in [0, 0.1) is 18.6 Å². The zero-order valence-electron chi connectivity index (χ0n) is 25.0. The fourth-order valence-electron chi connectivity index (χ4n) is 5.00. The highest BCUT2D eigenvalue weighted by Gasteiger charge is 2.28. The van der Waals surface area contributed by atoms with Crippen LogP contribution in [-0.4, -0.2) is 42.7 Å². The molecule has 1 heterocycles. The average Bonchev–Trinajstić information content (AvgIpc) is 2.98. The van der Waals surface area contributed by atoms with Gasteiger partial charge in [0.1, 0.15) is 29.0 Å². The normalized spacial score (nSPS) is 12.5. The maximum Gasteiger partial charge on any atom is 0.328 e. The number of rotatable bonds is 10. The minimum absolute atomic E-state index is 0.0292. The number of carbonyl (C=O) groups excluding carboxylic acids is 2. The molecule has 4 rings (SSSR count). The summed E-state index contributed by atoms with van der Waals surface area (Å²) in [4.78, 5) is 39.2. The van der Waals surface area contributed by atoms with E-state index < -0.39 is 35.1 Å². The van der Waals surface area contributed by atoms with E-state index in [-0.39, 0.29) is 23.7 Å². The highest BCUT2D eigenvalue weighted by molar-refractivity contribution is 6.01. The minimum Gasteiger partial charge on any atom is -0.496 e. The van der Waals surface area contributed by atoms with Crippen molar-refractivity contribution < 1.29 is 27.8 Å². The summed E-state index contributed by atoms with van der Waals surface area (Å²) in [5.41, 5.74) is 1.57. The maximum absolute atomic E-state index is 14.9. The van der Waals surface area contributed by atoms with Gasteiger partial charge in [0, 0.05) is 37.0 Å². The van der Waals surface area contributed by atoms with Crippen LogP contribution in [0.15, 0.2) is 59.4 Å². The summed E-state index contributed by atoms with van der Waals surface area (Å²) in [6.45, 7) is 5.60. The highest BCUT2D eigenvalue weighted by atomic mass is 19.1. The molecule has 1 amide bonds. The smallest absolute Gasteiger partial charge is 0.328 e. The Balaban J connectivity index is 1.72. The van der Waals surface area contributed by atoms with Crippen LogP contribution in [0.3, 0.4) is 0 Å². The number of nitrogens with zero attached hydrogens (tertiary/aromatic N) is 1. The second kappa shape index (κ2) is 13.1. The van der Waals surface area contributed by atoms with Gasteiger partial charge in [0.15, 0.2) is 0 Å². The molecule has 226 valence electrons. The lowest BCUT2D eigenvalue weighted by molar-refractivity contribution is -0.142. The summed E-state index contributed by atoms with van der Waals surface area (Å²) in [6, 6.07) is 13.4. The van der Waals surface area contributed by atoms with Gasteiger partial charge in [0.05, 0.1) is 19.8 Å². The number of halogens is 2. The predicted octanol–water partition coefficient (Wildman–Crippen LogP) is 5.53. The van der Waals surface area contributed by atoms with E-state index in [2.05, 4.69) is 10.6 Å². The molecule has 8 nitrogen and oxygen atoms in total. The van der Waals surface area contributed by atoms with E-state index in [4.69, 9.17) is 9.47 Å². The number of amides is 1. The third-order valence-electron chi connectivity index (χ3n) is 7.65. The molecule has 2 atom stereocenters. The summed E-state index contributed by atoms with van der Waals surface area (Å²) in [6.07, 6.45) is 0.691. The summed E-state index contributed by atoms with van der Waals surface area (Å²) in [5.74, 6) is -3.57. The van der Waals surface area contributed by atoms with Gasteiger partial charge in [-0.1, -0.05) is 43.3 Å². The van der Waals surface area contributed by atoms with E-state index in [0.717, 1.165) is 29.6 Å². The van der Waals surface area contributed by atoms with Gasteiger partial charge in [-0.05, 0) is 54.3 Å². The number of esters is 1. The van der Waals surface area contributed by atoms with E-state index in [1.807, 2.05) is 45.0 Å². The number of hydrogen-bond donors (Lipinski definition) is 2. The van der Waals surface area contributed by atoms with E-state index in [0.29, 0.717) is 27.8 Å². The van der Waals surface area contributed by atoms with Crippen molar-refractivity contribution >= 4 is 28.3 Å². The number of aryl methyl sites for hydroxylation is 1. The molecular formula is C33H35F2N3O5. The molecule has 3 aromatic carbocycles. The largest absolute Gasteiger partial charge is 0.496 e. The van der Waals surface area contributed by atoms with Crippen LogP contribution in [0.25, 0.3) is 21.9 Å². The molecule has 0 saturated carbocycles. The Hall–Kier alpha value is -4.73. The minimum atomic E-state index is -1.26. The second-order valence-corrected chi connectivity index (χ2v) is 10.4. The van der Waals surface area contributed by atoms with Gasteiger partial charge in [-0.2, -0.15) is 0 Å². The number of nitrogens with one attached hydrogen (secondary N) is 2. The van der Waals surface area contributed by atoms with Gasteiger partial charge in [0.25, 0.3) is 11.5 Å². The van der Waals surface area contributed by atoms with E-state index in [1.165, 1.54) is 18.8 Å². The fourth-order valence-corrected chi connectivity index (χ4v) is 5.00. The Labute approximate surface area is 248 Å². The number of hydrogen-bond acceptors (Lipinski definition) is 6. The van der Waals surface area contributed by atoms with Crippen LogP contribution >= 0.6 is 0 Å². The van der Waals surface area contributed by atoms with Gasteiger partial charge in [-0.25, -0.2) is 13.6 Å². The van der Waals surface area contributed by atoms with Gasteiger partial charge in [0.2, 0.25) is 0 Å². The molecule has 1 aromatic heterocycles. The number of methoxy groups -OCH3 is 2. The lowest BCUT2D eigenvalue weighted by Gasteiger charge is -2.20. The molecule has 43 heavy (non-hydrogen) atoms.